The van der Waals surface area contributed by atoms with Crippen molar-refractivity contribution in [1.82, 2.24) is 4.98 Å². The van der Waals surface area contributed by atoms with E-state index in [1.165, 1.54) is 11.1 Å². The molecule has 5 rings (SSSR count). The van der Waals surface area contributed by atoms with Crippen molar-refractivity contribution in [1.29, 1.82) is 0 Å². The van der Waals surface area contributed by atoms with Crippen molar-refractivity contribution in [3.8, 4) is 5.75 Å². The number of nitrogens with zero attached hydrogens (tertiary/aromatic N) is 1. The predicted octanol–water partition coefficient (Wildman–Crippen LogP) is 5.81. The molecule has 1 aliphatic heterocycles. The van der Waals surface area contributed by atoms with Crippen LogP contribution in [0.4, 0.5) is 0 Å². The van der Waals surface area contributed by atoms with E-state index in [1.54, 1.807) is 12.1 Å². The lowest BCUT2D eigenvalue weighted by molar-refractivity contribution is -0.0580. The van der Waals surface area contributed by atoms with Gasteiger partial charge in [0.05, 0.1) is 11.7 Å². The maximum Gasteiger partial charge on any atom is 0.115 e. The Bertz CT molecular complexity index is 971. The van der Waals surface area contributed by atoms with Gasteiger partial charge in [-0.25, -0.2) is 0 Å². The highest BCUT2D eigenvalue weighted by Crippen LogP contribution is 2.59. The van der Waals surface area contributed by atoms with Crippen LogP contribution in [0.1, 0.15) is 112 Å². The third kappa shape index (κ3) is 2.99. The smallest absolute Gasteiger partial charge is 0.115 e. The number of phenols is 1. The molecule has 30 heavy (non-hydrogen) atoms. The fourth-order valence-electron chi connectivity index (χ4n) is 6.07. The summed E-state index contributed by atoms with van der Waals surface area (Å²) in [6.07, 6.45) is 5.26. The van der Waals surface area contributed by atoms with Gasteiger partial charge >= 0.3 is 0 Å². The van der Waals surface area contributed by atoms with E-state index < -0.39 is 6.10 Å². The van der Waals surface area contributed by atoms with Crippen molar-refractivity contribution in [2.75, 3.05) is 0 Å². The normalized spacial score (nSPS) is 26.2. The molecule has 1 spiro atoms. The quantitative estimate of drug-likeness (QED) is 0.660. The van der Waals surface area contributed by atoms with Gasteiger partial charge in [-0.3, -0.25) is 4.98 Å². The van der Waals surface area contributed by atoms with Gasteiger partial charge in [-0.2, -0.15) is 0 Å². The number of aliphatic hydroxyl groups excluding tert-OH is 1. The number of fused-ring (bicyclic) bond motifs is 4. The van der Waals surface area contributed by atoms with E-state index >= 15 is 0 Å². The fraction of sp³-hybridized carbons (Fsp3) is 0.577. The van der Waals surface area contributed by atoms with E-state index in [1.807, 2.05) is 12.1 Å². The van der Waals surface area contributed by atoms with Gasteiger partial charge in [-0.05, 0) is 60.3 Å². The van der Waals surface area contributed by atoms with Crippen molar-refractivity contribution in [3.05, 3.63) is 57.9 Å². The Morgan fingerprint density at radius 3 is 2.37 bits per heavy atom. The van der Waals surface area contributed by atoms with Crippen LogP contribution in [0, 0.1) is 5.41 Å². The molecule has 2 unspecified atom stereocenters. The summed E-state index contributed by atoms with van der Waals surface area (Å²) < 4.78 is 6.93. The van der Waals surface area contributed by atoms with E-state index in [0.717, 1.165) is 61.0 Å². The molecule has 160 valence electrons. The lowest BCUT2D eigenvalue weighted by Crippen LogP contribution is -2.32. The summed E-state index contributed by atoms with van der Waals surface area (Å²) in [5.74, 6) is 0.531. The molecule has 2 aromatic rings. The zero-order valence-corrected chi connectivity index (χ0v) is 18.5. The van der Waals surface area contributed by atoms with E-state index in [-0.39, 0.29) is 28.8 Å². The number of phenolic OH excluding ortho intramolecular Hbond substituents is 1. The standard InChI is InChI=1S/C26H33NO3/c1-15(2)23-21-22(20-18(27-23)13-25(3,4)14-19(20)29)26(11-5-6-12-26)30-24(21)16-7-9-17(28)10-8-16/h7-10,15,19,24,28-29H,5-6,11-14H2,1-4H3. The van der Waals surface area contributed by atoms with Crippen molar-refractivity contribution in [2.45, 2.75) is 89.9 Å². The Labute approximate surface area is 179 Å². The van der Waals surface area contributed by atoms with Crippen LogP contribution in [0.3, 0.4) is 0 Å². The molecular formula is C26H33NO3. The van der Waals surface area contributed by atoms with Gasteiger partial charge < -0.3 is 14.9 Å². The third-order valence-electron chi connectivity index (χ3n) is 7.32. The maximum absolute atomic E-state index is 11.3. The predicted molar refractivity (Wildman–Crippen MR) is 117 cm³/mol. The van der Waals surface area contributed by atoms with Crippen molar-refractivity contribution < 1.29 is 14.9 Å². The Balaban J connectivity index is 1.79. The number of aromatic nitrogens is 1. The minimum atomic E-state index is -0.495. The number of hydrogen-bond donors (Lipinski definition) is 2. The molecule has 0 amide bonds. The molecule has 2 atom stereocenters. The minimum absolute atomic E-state index is 0.0422. The number of aliphatic hydroxyl groups is 1. The first kappa shape index (κ1) is 20.0. The molecular weight excluding hydrogens is 374 g/mol. The molecule has 0 saturated heterocycles. The minimum Gasteiger partial charge on any atom is -0.508 e. The monoisotopic (exact) mass is 407 g/mol. The molecule has 0 bridgehead atoms. The zero-order chi connectivity index (χ0) is 21.3. The van der Waals surface area contributed by atoms with E-state index in [9.17, 15) is 10.2 Å². The molecule has 1 aromatic heterocycles. The number of aromatic hydroxyl groups is 1. The highest BCUT2D eigenvalue weighted by atomic mass is 16.5. The lowest BCUT2D eigenvalue weighted by Gasteiger charge is -2.38. The highest BCUT2D eigenvalue weighted by Gasteiger charge is 2.52. The molecule has 2 heterocycles. The average Bonchev–Trinajstić information content (AvgIpc) is 3.26. The molecule has 2 N–H and O–H groups in total. The summed E-state index contributed by atoms with van der Waals surface area (Å²) in [5, 5.41) is 21.1. The van der Waals surface area contributed by atoms with Crippen LogP contribution in [0.5, 0.6) is 5.75 Å². The van der Waals surface area contributed by atoms with Gasteiger partial charge in [0, 0.05) is 22.5 Å². The molecule has 2 aliphatic carbocycles. The van der Waals surface area contributed by atoms with Crippen LogP contribution in [0.25, 0.3) is 0 Å². The van der Waals surface area contributed by atoms with Gasteiger partial charge in [-0.15, -0.1) is 0 Å². The van der Waals surface area contributed by atoms with Gasteiger partial charge in [0.1, 0.15) is 11.9 Å². The largest absolute Gasteiger partial charge is 0.508 e. The molecule has 3 aliphatic rings. The van der Waals surface area contributed by atoms with Crippen LogP contribution < -0.4 is 0 Å². The Hall–Kier alpha value is -1.91. The van der Waals surface area contributed by atoms with Crippen LogP contribution in [-0.2, 0) is 16.8 Å². The topological polar surface area (TPSA) is 62.6 Å². The summed E-state index contributed by atoms with van der Waals surface area (Å²) in [4.78, 5) is 5.19. The van der Waals surface area contributed by atoms with E-state index in [4.69, 9.17) is 9.72 Å². The van der Waals surface area contributed by atoms with Crippen LogP contribution in [-0.4, -0.2) is 15.2 Å². The van der Waals surface area contributed by atoms with Crippen LogP contribution in [0.2, 0.25) is 0 Å². The maximum atomic E-state index is 11.3. The highest BCUT2D eigenvalue weighted by molar-refractivity contribution is 5.54. The summed E-state index contributed by atoms with van der Waals surface area (Å²) in [7, 11) is 0. The molecule has 4 nitrogen and oxygen atoms in total. The van der Waals surface area contributed by atoms with Gasteiger partial charge in [0.15, 0.2) is 0 Å². The second-order valence-corrected chi connectivity index (χ2v) is 10.7. The van der Waals surface area contributed by atoms with E-state index in [2.05, 4.69) is 27.7 Å². The fourth-order valence-corrected chi connectivity index (χ4v) is 6.07. The Morgan fingerprint density at radius 2 is 1.73 bits per heavy atom. The second kappa shape index (κ2) is 6.80. The molecule has 4 heteroatoms. The zero-order valence-electron chi connectivity index (χ0n) is 18.5. The summed E-state index contributed by atoms with van der Waals surface area (Å²) in [6, 6.07) is 7.38. The van der Waals surface area contributed by atoms with Crippen LogP contribution >= 0.6 is 0 Å². The first-order valence-corrected chi connectivity index (χ1v) is 11.4. The van der Waals surface area contributed by atoms with Crippen molar-refractivity contribution in [2.24, 2.45) is 5.41 Å². The first-order chi connectivity index (χ1) is 14.2. The number of benzene rings is 1. The lowest BCUT2D eigenvalue weighted by atomic mass is 9.70. The molecule has 1 fully saturated rings. The number of ether oxygens (including phenoxy) is 1. The Morgan fingerprint density at radius 1 is 1.07 bits per heavy atom. The third-order valence-corrected chi connectivity index (χ3v) is 7.32. The van der Waals surface area contributed by atoms with Gasteiger partial charge in [-0.1, -0.05) is 52.7 Å². The van der Waals surface area contributed by atoms with Crippen molar-refractivity contribution in [3.63, 3.8) is 0 Å². The SMILES string of the molecule is CC(C)c1nc2c(c3c1C(c1ccc(O)cc1)OC31CCCC1)C(O)CC(C)(C)C2. The summed E-state index contributed by atoms with van der Waals surface area (Å²) in [5.41, 5.74) is 6.42. The number of hydrogen-bond acceptors (Lipinski definition) is 4. The molecule has 0 radical (unpaired) electrons. The first-order valence-electron chi connectivity index (χ1n) is 11.4. The number of rotatable bonds is 2. The number of pyridine rings is 1. The summed E-state index contributed by atoms with van der Waals surface area (Å²) >= 11 is 0. The van der Waals surface area contributed by atoms with Crippen molar-refractivity contribution >= 4 is 0 Å². The second-order valence-electron chi connectivity index (χ2n) is 10.7. The molecule has 1 saturated carbocycles. The van der Waals surface area contributed by atoms with Gasteiger partial charge in [0.25, 0.3) is 0 Å². The van der Waals surface area contributed by atoms with Crippen LogP contribution in [0.15, 0.2) is 24.3 Å². The average molecular weight is 408 g/mol. The summed E-state index contributed by atoms with van der Waals surface area (Å²) in [6.45, 7) is 8.86. The van der Waals surface area contributed by atoms with Gasteiger partial charge in [0.2, 0.25) is 0 Å². The van der Waals surface area contributed by atoms with E-state index in [0.29, 0.717) is 0 Å². The molecule has 1 aromatic carbocycles. The Kier molecular flexibility index (Phi) is 4.53.